The fraction of sp³-hybridized carbons (Fsp3) is 0.391. The zero-order valence-corrected chi connectivity index (χ0v) is 16.9. The van der Waals surface area contributed by atoms with Crippen molar-refractivity contribution in [2.24, 2.45) is 11.8 Å². The number of pyridine rings is 1. The highest BCUT2D eigenvalue weighted by Gasteiger charge is 2.64. The van der Waals surface area contributed by atoms with Crippen LogP contribution in [0.5, 0.6) is 0 Å². The molecule has 29 heavy (non-hydrogen) atoms. The molecule has 0 unspecified atom stereocenters. The summed E-state index contributed by atoms with van der Waals surface area (Å²) in [7, 11) is 0. The maximum Gasteiger partial charge on any atom is 0.236 e. The molecule has 0 N–H and O–H groups in total. The number of Topliss-reactive ketones (excluding diaryl/α,β-unsaturated/α-hetero) is 1. The fourth-order valence-corrected chi connectivity index (χ4v) is 5.30. The number of rotatable bonds is 1. The van der Waals surface area contributed by atoms with Crippen LogP contribution < -0.4 is 4.90 Å². The second-order valence-corrected chi connectivity index (χ2v) is 9.13. The predicted octanol–water partition coefficient (Wildman–Crippen LogP) is 2.81. The number of fused-ring (bicyclic) bond motifs is 7. The van der Waals surface area contributed by atoms with Gasteiger partial charge in [0.25, 0.3) is 0 Å². The molecule has 6 nitrogen and oxygen atoms in total. The van der Waals surface area contributed by atoms with Crippen LogP contribution >= 0.6 is 0 Å². The number of hydrogen-bond acceptors (Lipinski definition) is 5. The van der Waals surface area contributed by atoms with E-state index in [0.29, 0.717) is 0 Å². The van der Waals surface area contributed by atoms with Gasteiger partial charge in [0.05, 0.1) is 29.1 Å². The first-order valence-electron chi connectivity index (χ1n) is 9.94. The Balaban J connectivity index is 1.73. The molecule has 5 rings (SSSR count). The molecule has 2 aromatic rings. The van der Waals surface area contributed by atoms with Gasteiger partial charge in [0.15, 0.2) is 5.78 Å². The molecule has 2 saturated heterocycles. The first-order valence-corrected chi connectivity index (χ1v) is 9.94. The summed E-state index contributed by atoms with van der Waals surface area (Å²) < 4.78 is 0. The molecule has 0 saturated carbocycles. The lowest BCUT2D eigenvalue weighted by molar-refractivity contribution is -0.146. The second-order valence-electron chi connectivity index (χ2n) is 9.13. The Morgan fingerprint density at radius 1 is 1.07 bits per heavy atom. The molecule has 0 bridgehead atoms. The highest BCUT2D eigenvalue weighted by Crippen LogP contribution is 2.50. The number of hydrogen-bond donors (Lipinski definition) is 0. The van der Waals surface area contributed by atoms with E-state index in [1.807, 2.05) is 62.1 Å². The van der Waals surface area contributed by atoms with Crippen LogP contribution in [0.3, 0.4) is 0 Å². The van der Waals surface area contributed by atoms with Crippen molar-refractivity contribution in [1.29, 1.82) is 0 Å². The van der Waals surface area contributed by atoms with Gasteiger partial charge in [0, 0.05) is 17.1 Å². The number of amides is 2. The maximum atomic E-state index is 13.4. The molecular formula is C23H23N3O3. The van der Waals surface area contributed by atoms with Crippen molar-refractivity contribution in [2.75, 3.05) is 4.90 Å². The molecule has 4 heterocycles. The SMILES string of the molecule is CC(=O)[C@@H]1[C@@H]2C(=O)N(C(C)(C)C)C(=O)[C@@H]2[C@@H]2C=Cc3ccc4cccnc4c3N12. The van der Waals surface area contributed by atoms with Gasteiger partial charge in [-0.3, -0.25) is 24.3 Å². The summed E-state index contributed by atoms with van der Waals surface area (Å²) in [6.45, 7) is 7.08. The molecule has 2 fully saturated rings. The molecule has 0 radical (unpaired) electrons. The number of carbonyl (C=O) groups is 3. The number of nitrogens with zero attached hydrogens (tertiary/aromatic N) is 3. The summed E-state index contributed by atoms with van der Waals surface area (Å²) in [4.78, 5) is 47.5. The fourth-order valence-electron chi connectivity index (χ4n) is 5.30. The average Bonchev–Trinajstić information content (AvgIpc) is 3.14. The highest BCUT2D eigenvalue weighted by atomic mass is 16.2. The third kappa shape index (κ3) is 2.29. The molecule has 148 valence electrons. The zero-order chi connectivity index (χ0) is 20.7. The van der Waals surface area contributed by atoms with E-state index < -0.39 is 23.4 Å². The van der Waals surface area contributed by atoms with Crippen LogP contribution in [0.4, 0.5) is 5.69 Å². The van der Waals surface area contributed by atoms with Gasteiger partial charge in [0.2, 0.25) is 11.8 Å². The number of aromatic nitrogens is 1. The van der Waals surface area contributed by atoms with Crippen molar-refractivity contribution in [1.82, 2.24) is 9.88 Å². The van der Waals surface area contributed by atoms with Crippen molar-refractivity contribution in [3.63, 3.8) is 0 Å². The molecule has 3 aliphatic rings. The topological polar surface area (TPSA) is 70.6 Å². The van der Waals surface area contributed by atoms with E-state index in [0.717, 1.165) is 22.2 Å². The van der Waals surface area contributed by atoms with Crippen LogP contribution in [0, 0.1) is 11.8 Å². The van der Waals surface area contributed by atoms with Crippen molar-refractivity contribution in [3.8, 4) is 0 Å². The third-order valence-electron chi connectivity index (χ3n) is 6.32. The highest BCUT2D eigenvalue weighted by molar-refractivity contribution is 6.12. The van der Waals surface area contributed by atoms with Gasteiger partial charge in [-0.25, -0.2) is 0 Å². The quantitative estimate of drug-likeness (QED) is 0.702. The van der Waals surface area contributed by atoms with Gasteiger partial charge in [-0.15, -0.1) is 0 Å². The van der Waals surface area contributed by atoms with E-state index in [1.165, 1.54) is 11.8 Å². The number of benzene rings is 1. The molecule has 4 atom stereocenters. The lowest BCUT2D eigenvalue weighted by atomic mass is 9.88. The van der Waals surface area contributed by atoms with E-state index in [1.54, 1.807) is 6.20 Å². The minimum atomic E-state index is -0.676. The first kappa shape index (κ1) is 18.0. The maximum absolute atomic E-state index is 13.4. The largest absolute Gasteiger partial charge is 0.351 e. The molecule has 2 amide bonds. The van der Waals surface area contributed by atoms with Crippen LogP contribution in [0.25, 0.3) is 17.0 Å². The van der Waals surface area contributed by atoms with Gasteiger partial charge in [-0.2, -0.15) is 0 Å². The van der Waals surface area contributed by atoms with Gasteiger partial charge in [-0.1, -0.05) is 30.4 Å². The van der Waals surface area contributed by atoms with Crippen LogP contribution in [-0.4, -0.2) is 45.1 Å². The summed E-state index contributed by atoms with van der Waals surface area (Å²) in [5.74, 6) is -1.76. The van der Waals surface area contributed by atoms with Gasteiger partial charge in [0.1, 0.15) is 6.04 Å². The number of anilines is 1. The molecule has 0 aliphatic carbocycles. The monoisotopic (exact) mass is 389 g/mol. The number of carbonyl (C=O) groups excluding carboxylic acids is 3. The van der Waals surface area contributed by atoms with Gasteiger partial charge >= 0.3 is 0 Å². The smallest absolute Gasteiger partial charge is 0.236 e. The van der Waals surface area contributed by atoms with E-state index in [-0.39, 0.29) is 23.6 Å². The normalized spacial score (nSPS) is 28.0. The third-order valence-corrected chi connectivity index (χ3v) is 6.32. The van der Waals surface area contributed by atoms with Gasteiger partial charge in [-0.05, 0) is 39.3 Å². The van der Waals surface area contributed by atoms with E-state index in [9.17, 15) is 14.4 Å². The Bertz CT molecular complexity index is 1110. The Morgan fingerprint density at radius 3 is 2.48 bits per heavy atom. The summed E-state index contributed by atoms with van der Waals surface area (Å²) in [5, 5.41) is 0.966. The lowest BCUT2D eigenvalue weighted by Crippen LogP contribution is -2.52. The molecule has 1 aromatic carbocycles. The van der Waals surface area contributed by atoms with Crippen molar-refractivity contribution in [2.45, 2.75) is 45.3 Å². The van der Waals surface area contributed by atoms with Gasteiger partial charge < -0.3 is 4.90 Å². The Kier molecular flexibility index (Phi) is 3.58. The number of ketones is 1. The Labute approximate surface area is 169 Å². The van der Waals surface area contributed by atoms with Crippen LogP contribution in [0.2, 0.25) is 0 Å². The van der Waals surface area contributed by atoms with E-state index >= 15 is 0 Å². The minimum Gasteiger partial charge on any atom is -0.351 e. The molecule has 1 aromatic heterocycles. The minimum absolute atomic E-state index is 0.103. The summed E-state index contributed by atoms with van der Waals surface area (Å²) in [6, 6.07) is 6.85. The van der Waals surface area contributed by atoms with Crippen LogP contribution in [0.15, 0.2) is 36.5 Å². The summed E-state index contributed by atoms with van der Waals surface area (Å²) in [6.07, 6.45) is 5.68. The second kappa shape index (κ2) is 5.75. The lowest BCUT2D eigenvalue weighted by Gasteiger charge is -2.38. The predicted molar refractivity (Wildman–Crippen MR) is 110 cm³/mol. The van der Waals surface area contributed by atoms with E-state index in [4.69, 9.17) is 0 Å². The summed E-state index contributed by atoms with van der Waals surface area (Å²) in [5.41, 5.74) is 1.97. The standard InChI is InChI=1S/C23H23N3O3/c1-12(27)19-17-16(21(28)26(22(17)29)23(2,3)4)15-10-9-14-8-7-13-6-5-11-24-18(13)20(14)25(15)19/h5-11,15-17,19H,1-4H3/t15-,16+,17+,19+/m0/s1. The van der Waals surface area contributed by atoms with Crippen LogP contribution in [0.1, 0.15) is 33.3 Å². The van der Waals surface area contributed by atoms with Crippen molar-refractivity contribution < 1.29 is 14.4 Å². The van der Waals surface area contributed by atoms with E-state index in [2.05, 4.69) is 4.98 Å². The van der Waals surface area contributed by atoms with Crippen molar-refractivity contribution >= 4 is 40.3 Å². The number of likely N-dealkylation sites (tertiary alicyclic amines) is 1. The van der Waals surface area contributed by atoms with Crippen LogP contribution in [-0.2, 0) is 14.4 Å². The molecule has 3 aliphatic heterocycles. The summed E-state index contributed by atoms with van der Waals surface area (Å²) >= 11 is 0. The zero-order valence-electron chi connectivity index (χ0n) is 16.9. The molecule has 6 heteroatoms. The number of imide groups is 1. The Hall–Kier alpha value is -3.02. The van der Waals surface area contributed by atoms with Crippen molar-refractivity contribution in [3.05, 3.63) is 42.1 Å². The Morgan fingerprint density at radius 2 is 1.79 bits per heavy atom. The average molecular weight is 389 g/mol. The molecule has 0 spiro atoms. The molecular weight excluding hydrogens is 366 g/mol. The first-order chi connectivity index (χ1) is 13.7.